The maximum Gasteiger partial charge on any atom is 0.150 e. The quantitative estimate of drug-likeness (QED) is 0.762. The minimum Gasteiger partial charge on any atom is -0.491 e. The summed E-state index contributed by atoms with van der Waals surface area (Å²) in [5.41, 5.74) is 0.616. The third kappa shape index (κ3) is 3.19. The number of carbonyl (C=O) groups is 1. The number of halogens is 1. The van der Waals surface area contributed by atoms with Gasteiger partial charge in [-0.3, -0.25) is 4.79 Å². The molecule has 0 saturated heterocycles. The summed E-state index contributed by atoms with van der Waals surface area (Å²) in [7, 11) is 0. The normalized spacial score (nSPS) is 10.2. The van der Waals surface area contributed by atoms with Crippen LogP contribution >= 0.6 is 15.9 Å². The van der Waals surface area contributed by atoms with E-state index in [0.29, 0.717) is 11.3 Å². The maximum absolute atomic E-state index is 10.5. The summed E-state index contributed by atoms with van der Waals surface area (Å²) in [6.45, 7) is 3.89. The molecule has 1 rings (SSSR count). The fraction of sp³-hybridized carbons (Fsp3) is 0.300. The summed E-state index contributed by atoms with van der Waals surface area (Å²) in [5, 5.41) is 0. The first kappa shape index (κ1) is 10.3. The molecular formula is C10H11BrO2. The summed E-state index contributed by atoms with van der Waals surface area (Å²) in [5.74, 6) is 0.714. The molecule has 0 heterocycles. The molecule has 0 unspecified atom stereocenters. The van der Waals surface area contributed by atoms with Crippen molar-refractivity contribution in [1.29, 1.82) is 0 Å². The van der Waals surface area contributed by atoms with E-state index >= 15 is 0 Å². The summed E-state index contributed by atoms with van der Waals surface area (Å²) in [4.78, 5) is 10.5. The van der Waals surface area contributed by atoms with Crippen LogP contribution in [0.4, 0.5) is 0 Å². The zero-order chi connectivity index (χ0) is 9.84. The van der Waals surface area contributed by atoms with Crippen LogP contribution in [0.5, 0.6) is 5.75 Å². The molecule has 0 aliphatic rings. The molecule has 0 saturated carbocycles. The van der Waals surface area contributed by atoms with Crippen molar-refractivity contribution in [3.8, 4) is 5.75 Å². The Kier molecular flexibility index (Phi) is 3.48. The predicted molar refractivity (Wildman–Crippen MR) is 55.3 cm³/mol. The second kappa shape index (κ2) is 4.42. The van der Waals surface area contributed by atoms with E-state index < -0.39 is 0 Å². The van der Waals surface area contributed by atoms with E-state index in [4.69, 9.17) is 4.74 Å². The van der Waals surface area contributed by atoms with Gasteiger partial charge in [0.2, 0.25) is 0 Å². The van der Waals surface area contributed by atoms with Crippen LogP contribution in [0, 0.1) is 0 Å². The molecule has 70 valence electrons. The molecule has 0 aromatic heterocycles. The lowest BCUT2D eigenvalue weighted by molar-refractivity contribution is 0.112. The van der Waals surface area contributed by atoms with E-state index in [1.807, 2.05) is 19.9 Å². The Morgan fingerprint density at radius 1 is 1.38 bits per heavy atom. The number of rotatable bonds is 3. The summed E-state index contributed by atoms with van der Waals surface area (Å²) >= 11 is 3.30. The average molecular weight is 243 g/mol. The van der Waals surface area contributed by atoms with E-state index in [1.54, 1.807) is 12.1 Å². The molecule has 0 bridgehead atoms. The molecular weight excluding hydrogens is 232 g/mol. The van der Waals surface area contributed by atoms with Crippen LogP contribution in [0.25, 0.3) is 0 Å². The average Bonchev–Trinajstić information content (AvgIpc) is 2.01. The highest BCUT2D eigenvalue weighted by Gasteiger charge is 2.01. The van der Waals surface area contributed by atoms with Crippen molar-refractivity contribution in [2.24, 2.45) is 0 Å². The van der Waals surface area contributed by atoms with Gasteiger partial charge in [0.25, 0.3) is 0 Å². The van der Waals surface area contributed by atoms with E-state index in [-0.39, 0.29) is 6.10 Å². The first-order chi connectivity index (χ1) is 6.11. The predicted octanol–water partition coefficient (Wildman–Crippen LogP) is 3.05. The SMILES string of the molecule is CC(C)Oc1cc(Br)cc(C=O)c1. The van der Waals surface area contributed by atoms with Crippen LogP contribution < -0.4 is 4.74 Å². The first-order valence-corrected chi connectivity index (χ1v) is 4.83. The lowest BCUT2D eigenvalue weighted by atomic mass is 10.2. The zero-order valence-corrected chi connectivity index (χ0v) is 9.17. The highest BCUT2D eigenvalue weighted by Crippen LogP contribution is 2.21. The fourth-order valence-electron chi connectivity index (χ4n) is 0.993. The number of carbonyl (C=O) groups excluding carboxylic acids is 1. The van der Waals surface area contributed by atoms with Gasteiger partial charge in [-0.2, -0.15) is 0 Å². The standard InChI is InChI=1S/C10H11BrO2/c1-7(2)13-10-4-8(6-12)3-9(11)5-10/h3-7H,1-2H3. The van der Waals surface area contributed by atoms with Crippen molar-refractivity contribution in [2.45, 2.75) is 20.0 Å². The number of benzene rings is 1. The third-order valence-corrected chi connectivity index (χ3v) is 1.86. The summed E-state index contributed by atoms with van der Waals surface area (Å²) in [6.07, 6.45) is 0.923. The highest BCUT2D eigenvalue weighted by molar-refractivity contribution is 9.10. The van der Waals surface area contributed by atoms with Crippen molar-refractivity contribution >= 4 is 22.2 Å². The molecule has 3 heteroatoms. The van der Waals surface area contributed by atoms with Crippen LogP contribution in [0.2, 0.25) is 0 Å². The van der Waals surface area contributed by atoms with Crippen molar-refractivity contribution in [1.82, 2.24) is 0 Å². The Hall–Kier alpha value is -0.830. The molecule has 0 aliphatic heterocycles. The first-order valence-electron chi connectivity index (χ1n) is 4.04. The summed E-state index contributed by atoms with van der Waals surface area (Å²) in [6, 6.07) is 5.31. The lowest BCUT2D eigenvalue weighted by Crippen LogP contribution is -2.05. The van der Waals surface area contributed by atoms with Gasteiger partial charge in [-0.25, -0.2) is 0 Å². The van der Waals surface area contributed by atoms with Crippen LogP contribution in [0.15, 0.2) is 22.7 Å². The van der Waals surface area contributed by atoms with Gasteiger partial charge in [0, 0.05) is 10.0 Å². The molecule has 0 spiro atoms. The molecule has 1 aromatic rings. The third-order valence-electron chi connectivity index (χ3n) is 1.40. The van der Waals surface area contributed by atoms with Gasteiger partial charge in [-0.15, -0.1) is 0 Å². The Labute approximate surface area is 86.0 Å². The zero-order valence-electron chi connectivity index (χ0n) is 7.58. The van der Waals surface area contributed by atoms with Gasteiger partial charge in [-0.05, 0) is 32.0 Å². The van der Waals surface area contributed by atoms with E-state index in [9.17, 15) is 4.79 Å². The summed E-state index contributed by atoms with van der Waals surface area (Å²) < 4.78 is 6.30. The lowest BCUT2D eigenvalue weighted by Gasteiger charge is -2.10. The molecule has 0 radical (unpaired) electrons. The van der Waals surface area contributed by atoms with Crippen LogP contribution in [-0.2, 0) is 0 Å². The van der Waals surface area contributed by atoms with Gasteiger partial charge < -0.3 is 4.74 Å². The van der Waals surface area contributed by atoms with Crippen LogP contribution in [0.1, 0.15) is 24.2 Å². The van der Waals surface area contributed by atoms with E-state index in [0.717, 1.165) is 10.8 Å². The second-order valence-electron chi connectivity index (χ2n) is 3.00. The fourth-order valence-corrected chi connectivity index (χ4v) is 1.48. The number of ether oxygens (including phenoxy) is 1. The molecule has 1 aromatic carbocycles. The van der Waals surface area contributed by atoms with Crippen LogP contribution in [0.3, 0.4) is 0 Å². The maximum atomic E-state index is 10.5. The van der Waals surface area contributed by atoms with E-state index in [1.165, 1.54) is 0 Å². The van der Waals surface area contributed by atoms with Gasteiger partial charge >= 0.3 is 0 Å². The smallest absolute Gasteiger partial charge is 0.150 e. The molecule has 0 amide bonds. The highest BCUT2D eigenvalue weighted by atomic mass is 79.9. The molecule has 0 fully saturated rings. The number of hydrogen-bond acceptors (Lipinski definition) is 2. The topological polar surface area (TPSA) is 26.3 Å². The molecule has 13 heavy (non-hydrogen) atoms. The Morgan fingerprint density at radius 2 is 2.08 bits per heavy atom. The second-order valence-corrected chi connectivity index (χ2v) is 3.92. The van der Waals surface area contributed by atoms with Crippen molar-refractivity contribution in [3.63, 3.8) is 0 Å². The van der Waals surface area contributed by atoms with Crippen LogP contribution in [-0.4, -0.2) is 12.4 Å². The monoisotopic (exact) mass is 242 g/mol. The van der Waals surface area contributed by atoms with Gasteiger partial charge in [0.15, 0.2) is 0 Å². The Bertz CT molecular complexity index is 308. The Balaban J connectivity index is 2.94. The largest absolute Gasteiger partial charge is 0.491 e. The molecule has 0 N–H and O–H groups in total. The number of hydrogen-bond donors (Lipinski definition) is 0. The molecule has 2 nitrogen and oxygen atoms in total. The molecule has 0 aliphatic carbocycles. The van der Waals surface area contributed by atoms with Gasteiger partial charge in [-0.1, -0.05) is 15.9 Å². The van der Waals surface area contributed by atoms with Gasteiger partial charge in [0.05, 0.1) is 6.10 Å². The van der Waals surface area contributed by atoms with E-state index in [2.05, 4.69) is 15.9 Å². The number of aldehydes is 1. The van der Waals surface area contributed by atoms with Crippen molar-refractivity contribution in [3.05, 3.63) is 28.2 Å². The van der Waals surface area contributed by atoms with Crippen molar-refractivity contribution < 1.29 is 9.53 Å². The van der Waals surface area contributed by atoms with Gasteiger partial charge in [0.1, 0.15) is 12.0 Å². The minimum atomic E-state index is 0.119. The van der Waals surface area contributed by atoms with Crippen molar-refractivity contribution in [2.75, 3.05) is 0 Å². The minimum absolute atomic E-state index is 0.119. The molecule has 0 atom stereocenters. The Morgan fingerprint density at radius 3 is 2.62 bits per heavy atom.